The highest BCUT2D eigenvalue weighted by Gasteiger charge is 2.35. The lowest BCUT2D eigenvalue weighted by molar-refractivity contribution is -0.137. The first-order chi connectivity index (χ1) is 16.9. The summed E-state index contributed by atoms with van der Waals surface area (Å²) in [5.41, 5.74) is 3.50. The van der Waals surface area contributed by atoms with E-state index in [2.05, 4.69) is 15.0 Å². The number of nitrogens with zero attached hydrogens (tertiary/aromatic N) is 2. The van der Waals surface area contributed by atoms with Crippen LogP contribution < -0.4 is 16.0 Å². The maximum atomic E-state index is 13.8. The standard InChI is InChI=1S/C25H27F3N4O4/c1-4-35-9-10-36-21-8-6-16(14-30-21)19-12-20(33)32-22(31-19)17-11-15(13-24(2,3)23(29)34)5-7-18(17)25(26,27)28/h5-8,11-12,14H,4,9-10,13H2,1-3H3,(H2,29,34)(H,31,32,33). The molecule has 3 N–H and O–H groups in total. The summed E-state index contributed by atoms with van der Waals surface area (Å²) < 4.78 is 52.1. The van der Waals surface area contributed by atoms with Crippen LogP contribution in [-0.2, 0) is 22.1 Å². The zero-order chi connectivity index (χ0) is 26.5. The van der Waals surface area contributed by atoms with Crippen molar-refractivity contribution in [3.63, 3.8) is 0 Å². The van der Waals surface area contributed by atoms with Crippen LogP contribution in [-0.4, -0.2) is 40.7 Å². The Labute approximate surface area is 205 Å². The van der Waals surface area contributed by atoms with Crippen LogP contribution in [0.25, 0.3) is 22.6 Å². The van der Waals surface area contributed by atoms with Crippen molar-refractivity contribution in [3.05, 3.63) is 64.1 Å². The van der Waals surface area contributed by atoms with E-state index in [4.69, 9.17) is 15.2 Å². The first kappa shape index (κ1) is 26.9. The zero-order valence-electron chi connectivity index (χ0n) is 20.1. The van der Waals surface area contributed by atoms with Gasteiger partial charge in [0, 0.05) is 41.5 Å². The minimum atomic E-state index is -4.70. The van der Waals surface area contributed by atoms with Crippen molar-refractivity contribution < 1.29 is 27.4 Å². The second-order valence-corrected chi connectivity index (χ2v) is 8.71. The summed E-state index contributed by atoms with van der Waals surface area (Å²) >= 11 is 0. The van der Waals surface area contributed by atoms with Crippen molar-refractivity contribution >= 4 is 5.91 Å². The van der Waals surface area contributed by atoms with Crippen LogP contribution in [0.3, 0.4) is 0 Å². The third-order valence-corrected chi connectivity index (χ3v) is 5.41. The minimum Gasteiger partial charge on any atom is -0.475 e. The van der Waals surface area contributed by atoms with E-state index in [1.165, 1.54) is 24.4 Å². The van der Waals surface area contributed by atoms with Gasteiger partial charge >= 0.3 is 6.18 Å². The fraction of sp³-hybridized carbons (Fsp3) is 0.360. The fourth-order valence-corrected chi connectivity index (χ4v) is 3.44. The van der Waals surface area contributed by atoms with E-state index in [0.717, 1.165) is 6.07 Å². The molecule has 0 saturated heterocycles. The summed E-state index contributed by atoms with van der Waals surface area (Å²) in [5.74, 6) is -0.525. The Hall–Kier alpha value is -3.73. The molecule has 11 heteroatoms. The summed E-state index contributed by atoms with van der Waals surface area (Å²) in [6, 6.07) is 7.80. The molecule has 3 rings (SSSR count). The van der Waals surface area contributed by atoms with E-state index < -0.39 is 28.6 Å². The predicted molar refractivity (Wildman–Crippen MR) is 127 cm³/mol. The van der Waals surface area contributed by atoms with Gasteiger partial charge in [0.25, 0.3) is 5.56 Å². The number of aromatic nitrogens is 3. The topological polar surface area (TPSA) is 120 Å². The maximum Gasteiger partial charge on any atom is 0.417 e. The molecule has 1 aromatic carbocycles. The molecule has 2 aromatic heterocycles. The maximum absolute atomic E-state index is 13.8. The average molecular weight is 505 g/mol. The molecular weight excluding hydrogens is 477 g/mol. The van der Waals surface area contributed by atoms with Gasteiger partial charge in [-0.05, 0) is 37.1 Å². The van der Waals surface area contributed by atoms with Crippen molar-refractivity contribution in [3.8, 4) is 28.5 Å². The SMILES string of the molecule is CCOCCOc1ccc(-c2cc(=O)[nH]c(-c3cc(CC(C)(C)C(N)=O)ccc3C(F)(F)F)n2)cn1. The van der Waals surface area contributed by atoms with Crippen molar-refractivity contribution in [1.29, 1.82) is 0 Å². The summed E-state index contributed by atoms with van der Waals surface area (Å²) in [6.45, 7) is 6.34. The Balaban J connectivity index is 2.00. The number of pyridine rings is 1. The van der Waals surface area contributed by atoms with Crippen molar-refractivity contribution in [1.82, 2.24) is 15.0 Å². The quantitative estimate of drug-likeness (QED) is 0.403. The number of nitrogens with two attached hydrogens (primary N) is 1. The van der Waals surface area contributed by atoms with Gasteiger partial charge in [-0.15, -0.1) is 0 Å². The largest absolute Gasteiger partial charge is 0.475 e. The van der Waals surface area contributed by atoms with Gasteiger partial charge in [-0.2, -0.15) is 13.2 Å². The molecule has 3 aromatic rings. The molecule has 0 atom stereocenters. The molecule has 0 bridgehead atoms. The molecule has 2 heterocycles. The highest BCUT2D eigenvalue weighted by atomic mass is 19.4. The molecule has 0 fully saturated rings. The lowest BCUT2D eigenvalue weighted by Crippen LogP contribution is -2.33. The van der Waals surface area contributed by atoms with Gasteiger partial charge in [0.05, 0.1) is 17.9 Å². The number of carbonyl (C=O) groups excluding carboxylic acids is 1. The third-order valence-electron chi connectivity index (χ3n) is 5.41. The number of nitrogens with one attached hydrogen (secondary N) is 1. The molecule has 0 radical (unpaired) electrons. The van der Waals surface area contributed by atoms with Gasteiger partial charge in [-0.1, -0.05) is 19.9 Å². The molecule has 8 nitrogen and oxygen atoms in total. The van der Waals surface area contributed by atoms with Crippen LogP contribution in [0, 0.1) is 5.41 Å². The molecule has 192 valence electrons. The van der Waals surface area contributed by atoms with Crippen LogP contribution in [0.4, 0.5) is 13.2 Å². The lowest BCUT2D eigenvalue weighted by atomic mass is 9.84. The molecule has 36 heavy (non-hydrogen) atoms. The zero-order valence-corrected chi connectivity index (χ0v) is 20.1. The summed E-state index contributed by atoms with van der Waals surface area (Å²) in [7, 11) is 0. The summed E-state index contributed by atoms with van der Waals surface area (Å²) in [4.78, 5) is 35.0. The number of benzene rings is 1. The Bertz CT molecular complexity index is 1270. The number of hydrogen-bond donors (Lipinski definition) is 2. The lowest BCUT2D eigenvalue weighted by Gasteiger charge is -2.21. The third kappa shape index (κ3) is 6.69. The average Bonchev–Trinajstić information content (AvgIpc) is 2.81. The summed E-state index contributed by atoms with van der Waals surface area (Å²) in [6.07, 6.45) is -3.19. The Morgan fingerprint density at radius 2 is 1.86 bits per heavy atom. The molecule has 0 aliphatic heterocycles. The van der Waals surface area contributed by atoms with Gasteiger partial charge in [-0.25, -0.2) is 9.97 Å². The highest BCUT2D eigenvalue weighted by molar-refractivity contribution is 5.80. The van der Waals surface area contributed by atoms with E-state index in [1.807, 2.05) is 6.92 Å². The van der Waals surface area contributed by atoms with E-state index >= 15 is 0 Å². The number of primary amides is 1. The highest BCUT2D eigenvalue weighted by Crippen LogP contribution is 2.37. The monoisotopic (exact) mass is 504 g/mol. The first-order valence-corrected chi connectivity index (χ1v) is 11.2. The van der Waals surface area contributed by atoms with Crippen molar-refractivity contribution in [2.45, 2.75) is 33.4 Å². The number of halogens is 3. The van der Waals surface area contributed by atoms with Crippen LogP contribution >= 0.6 is 0 Å². The normalized spacial score (nSPS) is 11.9. The van der Waals surface area contributed by atoms with Crippen molar-refractivity contribution in [2.75, 3.05) is 19.8 Å². The molecule has 0 saturated carbocycles. The van der Waals surface area contributed by atoms with Gasteiger partial charge in [0.1, 0.15) is 12.4 Å². The van der Waals surface area contributed by atoms with Crippen LogP contribution in [0.1, 0.15) is 31.9 Å². The number of carbonyl (C=O) groups is 1. The van der Waals surface area contributed by atoms with Gasteiger partial charge in [-0.3, -0.25) is 9.59 Å². The minimum absolute atomic E-state index is 0.103. The van der Waals surface area contributed by atoms with Gasteiger partial charge in [0.2, 0.25) is 11.8 Å². The predicted octanol–water partition coefficient (Wildman–Crippen LogP) is 3.99. The number of H-pyrrole nitrogens is 1. The van der Waals surface area contributed by atoms with E-state index in [0.29, 0.717) is 36.8 Å². The number of aromatic amines is 1. The summed E-state index contributed by atoms with van der Waals surface area (Å²) in [5, 5.41) is 0. The Morgan fingerprint density at radius 1 is 1.11 bits per heavy atom. The van der Waals surface area contributed by atoms with E-state index in [-0.39, 0.29) is 23.5 Å². The first-order valence-electron chi connectivity index (χ1n) is 11.2. The van der Waals surface area contributed by atoms with E-state index in [1.54, 1.807) is 26.0 Å². The smallest absolute Gasteiger partial charge is 0.417 e. The number of ether oxygens (including phenoxy) is 2. The second kappa shape index (κ2) is 10.9. The van der Waals surface area contributed by atoms with Crippen LogP contribution in [0.5, 0.6) is 5.88 Å². The Kier molecular flexibility index (Phi) is 8.13. The molecule has 1 amide bonds. The molecular formula is C25H27F3N4O4. The van der Waals surface area contributed by atoms with Crippen molar-refractivity contribution in [2.24, 2.45) is 11.1 Å². The van der Waals surface area contributed by atoms with Crippen LogP contribution in [0.2, 0.25) is 0 Å². The molecule has 0 aliphatic rings. The number of amides is 1. The Morgan fingerprint density at radius 3 is 2.47 bits per heavy atom. The van der Waals surface area contributed by atoms with Gasteiger partial charge in [0.15, 0.2) is 0 Å². The van der Waals surface area contributed by atoms with Gasteiger partial charge < -0.3 is 20.2 Å². The number of alkyl halides is 3. The number of hydrogen-bond acceptors (Lipinski definition) is 6. The number of rotatable bonds is 10. The molecule has 0 aliphatic carbocycles. The second-order valence-electron chi connectivity index (χ2n) is 8.71. The molecule has 0 spiro atoms. The fourth-order valence-electron chi connectivity index (χ4n) is 3.44. The molecule has 0 unspecified atom stereocenters. The van der Waals surface area contributed by atoms with E-state index in [9.17, 15) is 22.8 Å². The van der Waals surface area contributed by atoms with Crippen LogP contribution in [0.15, 0.2) is 47.4 Å².